The van der Waals surface area contributed by atoms with Gasteiger partial charge >= 0.3 is 0 Å². The molecule has 2 rings (SSSR count). The van der Waals surface area contributed by atoms with Gasteiger partial charge in [0.25, 0.3) is 11.8 Å². The van der Waals surface area contributed by atoms with Crippen molar-refractivity contribution in [3.05, 3.63) is 52.5 Å². The highest BCUT2D eigenvalue weighted by Gasteiger charge is 2.17. The van der Waals surface area contributed by atoms with E-state index in [4.69, 9.17) is 21.1 Å². The fraction of sp³-hybridized carbons (Fsp3) is 0.263. The molecule has 0 aliphatic rings. The Bertz CT molecular complexity index is 826. The second-order valence-corrected chi connectivity index (χ2v) is 5.90. The number of carbonyl (C=O) groups excluding carboxylic acids is 2. The molecule has 0 heterocycles. The van der Waals surface area contributed by atoms with E-state index in [1.165, 1.54) is 24.3 Å². The minimum atomic E-state index is -0.652. The highest BCUT2D eigenvalue weighted by molar-refractivity contribution is 6.32. The van der Waals surface area contributed by atoms with Gasteiger partial charge in [0.15, 0.2) is 11.5 Å². The molecule has 0 bridgehead atoms. The van der Waals surface area contributed by atoms with Gasteiger partial charge < -0.3 is 14.6 Å². The topological polar surface area (TPSA) is 96.9 Å². The van der Waals surface area contributed by atoms with Crippen molar-refractivity contribution in [2.45, 2.75) is 20.3 Å². The Hall–Kier alpha value is -2.93. The Morgan fingerprint density at radius 1 is 1.07 bits per heavy atom. The van der Waals surface area contributed by atoms with Gasteiger partial charge in [-0.05, 0) is 37.6 Å². The Morgan fingerprint density at radius 3 is 2.44 bits per heavy atom. The van der Waals surface area contributed by atoms with Crippen LogP contribution in [0.5, 0.6) is 17.2 Å². The summed E-state index contributed by atoms with van der Waals surface area (Å²) in [4.78, 5) is 24.4. The number of halogens is 1. The van der Waals surface area contributed by atoms with Crippen molar-refractivity contribution in [1.29, 1.82) is 0 Å². The van der Waals surface area contributed by atoms with Crippen molar-refractivity contribution in [3.8, 4) is 17.2 Å². The Balaban J connectivity index is 2.13. The standard InChI is InChI=1S/C19H21ClN2O5/c1-3-9-27-17-14(20)10-12(11-16(17)26-4-2)18(24)21-22-19(25)13-7-5-6-8-15(13)23/h5-8,10-11,23H,3-4,9H2,1-2H3,(H,21,24)(H,22,25). The van der Waals surface area contributed by atoms with Crippen molar-refractivity contribution < 1.29 is 24.2 Å². The number of aromatic hydroxyl groups is 1. The van der Waals surface area contributed by atoms with Gasteiger partial charge in [0.1, 0.15) is 5.75 Å². The van der Waals surface area contributed by atoms with Crippen LogP contribution in [0, 0.1) is 0 Å². The van der Waals surface area contributed by atoms with Crippen molar-refractivity contribution in [3.63, 3.8) is 0 Å². The number of phenols is 1. The summed E-state index contributed by atoms with van der Waals surface area (Å²) in [6.07, 6.45) is 0.794. The Morgan fingerprint density at radius 2 is 1.78 bits per heavy atom. The first-order valence-corrected chi connectivity index (χ1v) is 8.83. The van der Waals surface area contributed by atoms with E-state index in [2.05, 4.69) is 10.9 Å². The van der Waals surface area contributed by atoms with Crippen LogP contribution < -0.4 is 20.3 Å². The van der Waals surface area contributed by atoms with Gasteiger partial charge in [0.05, 0.1) is 23.8 Å². The summed E-state index contributed by atoms with van der Waals surface area (Å²) >= 11 is 6.22. The second-order valence-electron chi connectivity index (χ2n) is 5.49. The monoisotopic (exact) mass is 392 g/mol. The van der Waals surface area contributed by atoms with Gasteiger partial charge in [0.2, 0.25) is 0 Å². The number of amides is 2. The van der Waals surface area contributed by atoms with E-state index in [1.54, 1.807) is 19.1 Å². The summed E-state index contributed by atoms with van der Waals surface area (Å²) in [6, 6.07) is 8.91. The van der Waals surface area contributed by atoms with Crippen LogP contribution in [0.15, 0.2) is 36.4 Å². The zero-order valence-electron chi connectivity index (χ0n) is 15.0. The summed E-state index contributed by atoms with van der Waals surface area (Å²) in [6.45, 7) is 4.59. The molecule has 0 atom stereocenters. The molecule has 0 aliphatic carbocycles. The lowest BCUT2D eigenvalue weighted by Gasteiger charge is -2.15. The molecule has 27 heavy (non-hydrogen) atoms. The summed E-state index contributed by atoms with van der Waals surface area (Å²) in [5, 5.41) is 9.90. The molecule has 0 aromatic heterocycles. The lowest BCUT2D eigenvalue weighted by Crippen LogP contribution is -2.41. The predicted molar refractivity (Wildman–Crippen MR) is 101 cm³/mol. The first-order valence-electron chi connectivity index (χ1n) is 8.45. The average molecular weight is 393 g/mol. The van der Waals surface area contributed by atoms with Gasteiger partial charge in [0, 0.05) is 5.56 Å². The number of carbonyl (C=O) groups is 2. The molecule has 0 fully saturated rings. The third-order valence-electron chi connectivity index (χ3n) is 3.46. The highest BCUT2D eigenvalue weighted by atomic mass is 35.5. The molecule has 2 amide bonds. The molecule has 2 aromatic carbocycles. The molecule has 3 N–H and O–H groups in total. The molecule has 0 unspecified atom stereocenters. The first kappa shape index (κ1) is 20.4. The van der Waals surface area contributed by atoms with E-state index >= 15 is 0 Å². The quantitative estimate of drug-likeness (QED) is 0.628. The zero-order valence-corrected chi connectivity index (χ0v) is 15.8. The SMILES string of the molecule is CCCOc1c(Cl)cc(C(=O)NNC(=O)c2ccccc2O)cc1OCC. The van der Waals surface area contributed by atoms with Crippen LogP contribution in [0.2, 0.25) is 5.02 Å². The van der Waals surface area contributed by atoms with E-state index in [0.717, 1.165) is 6.42 Å². The lowest BCUT2D eigenvalue weighted by atomic mass is 10.2. The molecule has 144 valence electrons. The van der Waals surface area contributed by atoms with Gasteiger partial charge in [-0.2, -0.15) is 0 Å². The normalized spacial score (nSPS) is 10.2. The van der Waals surface area contributed by atoms with E-state index < -0.39 is 11.8 Å². The van der Waals surface area contributed by atoms with Crippen molar-refractivity contribution in [2.24, 2.45) is 0 Å². The lowest BCUT2D eigenvalue weighted by molar-refractivity contribution is 0.0844. The number of hydrogen-bond donors (Lipinski definition) is 3. The summed E-state index contributed by atoms with van der Waals surface area (Å²) in [5.41, 5.74) is 4.74. The fourth-order valence-corrected chi connectivity index (χ4v) is 2.49. The number of hydrogen-bond acceptors (Lipinski definition) is 5. The second kappa shape index (κ2) is 9.68. The minimum Gasteiger partial charge on any atom is -0.507 e. The van der Waals surface area contributed by atoms with Gasteiger partial charge in [-0.3, -0.25) is 20.4 Å². The first-order chi connectivity index (χ1) is 13.0. The average Bonchev–Trinajstić information content (AvgIpc) is 2.65. The number of rotatable bonds is 7. The zero-order chi connectivity index (χ0) is 19.8. The van der Waals surface area contributed by atoms with E-state index in [-0.39, 0.29) is 21.9 Å². The summed E-state index contributed by atoms with van der Waals surface area (Å²) in [5.74, 6) is -0.724. The molecule has 0 radical (unpaired) electrons. The Kier molecular flexibility index (Phi) is 7.31. The van der Waals surface area contributed by atoms with E-state index in [9.17, 15) is 14.7 Å². The molecule has 7 nitrogen and oxygen atoms in total. The van der Waals surface area contributed by atoms with E-state index in [0.29, 0.717) is 24.7 Å². The number of hydrazine groups is 1. The van der Waals surface area contributed by atoms with Crippen LogP contribution in [0.3, 0.4) is 0 Å². The number of para-hydroxylation sites is 1. The molecule has 0 saturated heterocycles. The highest BCUT2D eigenvalue weighted by Crippen LogP contribution is 2.36. The molecule has 2 aromatic rings. The van der Waals surface area contributed by atoms with Gasteiger partial charge in [-0.1, -0.05) is 30.7 Å². The van der Waals surface area contributed by atoms with Crippen LogP contribution in [-0.4, -0.2) is 30.1 Å². The maximum Gasteiger partial charge on any atom is 0.273 e. The molecule has 0 spiro atoms. The van der Waals surface area contributed by atoms with Crippen molar-refractivity contribution >= 4 is 23.4 Å². The number of phenolic OH excluding ortho intramolecular Hbond substituents is 1. The molecular weight excluding hydrogens is 372 g/mol. The van der Waals surface area contributed by atoms with E-state index in [1.807, 2.05) is 6.92 Å². The molecule has 0 saturated carbocycles. The number of nitrogens with one attached hydrogen (secondary N) is 2. The van der Waals surface area contributed by atoms with Gasteiger partial charge in [-0.15, -0.1) is 0 Å². The summed E-state index contributed by atoms with van der Waals surface area (Å²) in [7, 11) is 0. The maximum atomic E-state index is 12.4. The summed E-state index contributed by atoms with van der Waals surface area (Å²) < 4.78 is 11.1. The van der Waals surface area contributed by atoms with Crippen LogP contribution in [-0.2, 0) is 0 Å². The van der Waals surface area contributed by atoms with Crippen LogP contribution in [0.1, 0.15) is 41.0 Å². The van der Waals surface area contributed by atoms with Crippen LogP contribution in [0.4, 0.5) is 0 Å². The molecular formula is C19H21ClN2O5. The van der Waals surface area contributed by atoms with Gasteiger partial charge in [-0.25, -0.2) is 0 Å². The molecule has 0 aliphatic heterocycles. The van der Waals surface area contributed by atoms with Crippen molar-refractivity contribution in [1.82, 2.24) is 10.9 Å². The van der Waals surface area contributed by atoms with Crippen molar-refractivity contribution in [2.75, 3.05) is 13.2 Å². The third-order valence-corrected chi connectivity index (χ3v) is 3.74. The maximum absolute atomic E-state index is 12.4. The number of ether oxygens (including phenoxy) is 2. The van der Waals surface area contributed by atoms with Crippen LogP contribution >= 0.6 is 11.6 Å². The van der Waals surface area contributed by atoms with Crippen LogP contribution in [0.25, 0.3) is 0 Å². The Labute approximate surface area is 162 Å². The fourth-order valence-electron chi connectivity index (χ4n) is 2.22. The number of benzene rings is 2. The smallest absolute Gasteiger partial charge is 0.273 e. The molecule has 8 heteroatoms. The predicted octanol–water partition coefficient (Wildman–Crippen LogP) is 3.31. The minimum absolute atomic E-state index is 0.0363. The largest absolute Gasteiger partial charge is 0.507 e. The third kappa shape index (κ3) is 5.27.